The lowest BCUT2D eigenvalue weighted by Crippen LogP contribution is -2.39. The molecule has 1 atom stereocenters. The Labute approximate surface area is 174 Å². The van der Waals surface area contributed by atoms with E-state index in [0.717, 1.165) is 31.0 Å². The van der Waals surface area contributed by atoms with Gasteiger partial charge in [0.2, 0.25) is 0 Å². The molecule has 0 amide bonds. The second kappa shape index (κ2) is 9.86. The number of nitrogens with zero attached hydrogens (tertiary/aromatic N) is 4. The summed E-state index contributed by atoms with van der Waals surface area (Å²) in [6.45, 7) is -0.547. The SMILES string of the molecule is CN=C(NCc1cccc(OC(F)F)c1)N1CCC(c2cnn(C)c2)C1.I. The molecule has 1 saturated heterocycles. The van der Waals surface area contributed by atoms with E-state index in [-0.39, 0.29) is 29.7 Å². The molecule has 27 heavy (non-hydrogen) atoms. The number of alkyl halides is 2. The fourth-order valence-electron chi connectivity index (χ4n) is 3.22. The minimum Gasteiger partial charge on any atom is -0.435 e. The average Bonchev–Trinajstić information content (AvgIpc) is 3.24. The highest BCUT2D eigenvalue weighted by atomic mass is 127. The zero-order valence-corrected chi connectivity index (χ0v) is 17.6. The Balaban J connectivity index is 0.00000261. The molecule has 1 aromatic carbocycles. The lowest BCUT2D eigenvalue weighted by molar-refractivity contribution is -0.0498. The van der Waals surface area contributed by atoms with Gasteiger partial charge in [0.05, 0.1) is 6.20 Å². The second-order valence-corrected chi connectivity index (χ2v) is 6.31. The summed E-state index contributed by atoms with van der Waals surface area (Å²) in [4.78, 5) is 6.55. The molecule has 0 aliphatic carbocycles. The number of nitrogens with one attached hydrogen (secondary N) is 1. The van der Waals surface area contributed by atoms with Crippen molar-refractivity contribution in [1.29, 1.82) is 0 Å². The molecule has 0 saturated carbocycles. The minimum atomic E-state index is -2.82. The van der Waals surface area contributed by atoms with Crippen molar-refractivity contribution in [2.24, 2.45) is 12.0 Å². The fourth-order valence-corrected chi connectivity index (χ4v) is 3.22. The zero-order valence-electron chi connectivity index (χ0n) is 15.3. The van der Waals surface area contributed by atoms with Gasteiger partial charge in [-0.1, -0.05) is 12.1 Å². The average molecular weight is 491 g/mol. The molecule has 9 heteroatoms. The topological polar surface area (TPSA) is 54.7 Å². The molecule has 1 fully saturated rings. The van der Waals surface area contributed by atoms with Crippen molar-refractivity contribution in [1.82, 2.24) is 20.0 Å². The number of hydrogen-bond donors (Lipinski definition) is 1. The molecule has 0 bridgehead atoms. The van der Waals surface area contributed by atoms with Crippen molar-refractivity contribution in [3.63, 3.8) is 0 Å². The van der Waals surface area contributed by atoms with E-state index in [1.54, 1.807) is 19.2 Å². The summed E-state index contributed by atoms with van der Waals surface area (Å²) in [6.07, 6.45) is 5.02. The Morgan fingerprint density at radius 1 is 1.44 bits per heavy atom. The Hall–Kier alpha value is -1.91. The first kappa shape index (κ1) is 21.4. The largest absolute Gasteiger partial charge is 0.435 e. The van der Waals surface area contributed by atoms with E-state index in [1.165, 1.54) is 11.6 Å². The summed E-state index contributed by atoms with van der Waals surface area (Å²) in [5, 5.41) is 7.54. The molecule has 1 N–H and O–H groups in total. The van der Waals surface area contributed by atoms with Crippen LogP contribution in [0.2, 0.25) is 0 Å². The van der Waals surface area contributed by atoms with Crippen molar-refractivity contribution in [2.75, 3.05) is 20.1 Å². The van der Waals surface area contributed by atoms with Gasteiger partial charge in [-0.15, -0.1) is 24.0 Å². The standard InChI is InChI=1S/C18H23F2N5O.HI/c1-21-18(22-9-13-4-3-5-16(8-13)26-17(19)20)25-7-6-14(12-25)15-10-23-24(2)11-15;/h3-5,8,10-11,14,17H,6-7,9,12H2,1-2H3,(H,21,22);1H. The maximum absolute atomic E-state index is 12.3. The van der Waals surface area contributed by atoms with Crippen molar-refractivity contribution in [3.05, 3.63) is 47.8 Å². The smallest absolute Gasteiger partial charge is 0.387 e. The highest BCUT2D eigenvalue weighted by Gasteiger charge is 2.26. The van der Waals surface area contributed by atoms with Crippen LogP contribution >= 0.6 is 24.0 Å². The Bertz CT molecular complexity index is 768. The van der Waals surface area contributed by atoms with Gasteiger partial charge in [0.25, 0.3) is 0 Å². The summed E-state index contributed by atoms with van der Waals surface area (Å²) in [6, 6.07) is 6.69. The first-order valence-electron chi connectivity index (χ1n) is 8.53. The van der Waals surface area contributed by atoms with Crippen LogP contribution in [0, 0.1) is 0 Å². The summed E-state index contributed by atoms with van der Waals surface area (Å²) in [5.74, 6) is 1.40. The van der Waals surface area contributed by atoms with Crippen molar-refractivity contribution < 1.29 is 13.5 Å². The predicted octanol–water partition coefficient (Wildman–Crippen LogP) is 3.20. The molecule has 0 radical (unpaired) electrons. The van der Waals surface area contributed by atoms with Crippen LogP contribution in [0.15, 0.2) is 41.7 Å². The van der Waals surface area contributed by atoms with Gasteiger partial charge in [0.1, 0.15) is 5.75 Å². The molecular weight excluding hydrogens is 467 g/mol. The number of aliphatic imine (C=N–C) groups is 1. The summed E-state index contributed by atoms with van der Waals surface area (Å²) >= 11 is 0. The van der Waals surface area contributed by atoms with Gasteiger partial charge < -0.3 is 15.0 Å². The molecule has 3 rings (SSSR count). The van der Waals surface area contributed by atoms with Crippen LogP contribution < -0.4 is 10.1 Å². The molecule has 6 nitrogen and oxygen atoms in total. The predicted molar refractivity (Wildman–Crippen MR) is 111 cm³/mol. The minimum absolute atomic E-state index is 0. The van der Waals surface area contributed by atoms with E-state index in [2.05, 4.69) is 31.2 Å². The van der Waals surface area contributed by atoms with Gasteiger partial charge in [-0.3, -0.25) is 9.67 Å². The van der Waals surface area contributed by atoms with Gasteiger partial charge in [-0.25, -0.2) is 0 Å². The Morgan fingerprint density at radius 3 is 2.93 bits per heavy atom. The van der Waals surface area contributed by atoms with Crippen LogP contribution in [-0.2, 0) is 13.6 Å². The van der Waals surface area contributed by atoms with Gasteiger partial charge in [-0.05, 0) is 29.7 Å². The number of likely N-dealkylation sites (tertiary alicyclic amines) is 1. The third kappa shape index (κ3) is 5.78. The third-order valence-electron chi connectivity index (χ3n) is 4.47. The summed E-state index contributed by atoms with van der Waals surface area (Å²) in [5.41, 5.74) is 2.09. The van der Waals surface area contributed by atoms with E-state index in [9.17, 15) is 8.78 Å². The van der Waals surface area contributed by atoms with Crippen LogP contribution in [0.5, 0.6) is 5.75 Å². The fraction of sp³-hybridized carbons (Fsp3) is 0.444. The van der Waals surface area contributed by atoms with Gasteiger partial charge in [-0.2, -0.15) is 13.9 Å². The normalized spacial score (nSPS) is 17.1. The van der Waals surface area contributed by atoms with Crippen LogP contribution in [0.3, 0.4) is 0 Å². The number of halogens is 3. The maximum Gasteiger partial charge on any atom is 0.387 e. The van der Waals surface area contributed by atoms with Gasteiger partial charge in [0.15, 0.2) is 5.96 Å². The first-order valence-corrected chi connectivity index (χ1v) is 8.53. The lowest BCUT2D eigenvalue weighted by Gasteiger charge is -2.21. The van der Waals surface area contributed by atoms with Crippen molar-refractivity contribution in [3.8, 4) is 5.75 Å². The number of aromatic nitrogens is 2. The number of aryl methyl sites for hydroxylation is 1. The molecule has 2 aromatic rings. The van der Waals surface area contributed by atoms with Crippen molar-refractivity contribution in [2.45, 2.75) is 25.5 Å². The quantitative estimate of drug-likeness (QED) is 0.397. The second-order valence-electron chi connectivity index (χ2n) is 6.31. The monoisotopic (exact) mass is 491 g/mol. The maximum atomic E-state index is 12.3. The van der Waals surface area contributed by atoms with E-state index < -0.39 is 6.61 Å². The number of guanidine groups is 1. The van der Waals surface area contributed by atoms with E-state index in [4.69, 9.17) is 0 Å². The Morgan fingerprint density at radius 2 is 2.26 bits per heavy atom. The molecule has 1 aliphatic rings. The van der Waals surface area contributed by atoms with E-state index in [1.807, 2.05) is 24.0 Å². The Kier molecular flexibility index (Phi) is 7.81. The molecule has 2 heterocycles. The molecule has 1 aliphatic heterocycles. The van der Waals surface area contributed by atoms with Crippen LogP contribution in [0.1, 0.15) is 23.5 Å². The third-order valence-corrected chi connectivity index (χ3v) is 4.47. The molecule has 148 valence electrons. The van der Waals surface area contributed by atoms with E-state index in [0.29, 0.717) is 12.5 Å². The highest BCUT2D eigenvalue weighted by molar-refractivity contribution is 14.0. The highest BCUT2D eigenvalue weighted by Crippen LogP contribution is 2.26. The van der Waals surface area contributed by atoms with Crippen LogP contribution in [-0.4, -0.2) is 47.4 Å². The molecule has 1 unspecified atom stereocenters. The van der Waals surface area contributed by atoms with Crippen LogP contribution in [0.25, 0.3) is 0 Å². The molecule has 1 aromatic heterocycles. The summed E-state index contributed by atoms with van der Waals surface area (Å²) in [7, 11) is 3.67. The number of ether oxygens (including phenoxy) is 1. The van der Waals surface area contributed by atoms with Gasteiger partial charge >= 0.3 is 6.61 Å². The first-order chi connectivity index (χ1) is 12.5. The number of hydrogen-bond acceptors (Lipinski definition) is 3. The van der Waals surface area contributed by atoms with Crippen LogP contribution in [0.4, 0.5) is 8.78 Å². The number of rotatable bonds is 5. The number of benzene rings is 1. The van der Waals surface area contributed by atoms with E-state index >= 15 is 0 Å². The molecular formula is C18H24F2IN5O. The van der Waals surface area contributed by atoms with Crippen molar-refractivity contribution >= 4 is 29.9 Å². The lowest BCUT2D eigenvalue weighted by atomic mass is 10.0. The molecule has 0 spiro atoms. The van der Waals surface area contributed by atoms with Gasteiger partial charge in [0, 0.05) is 45.8 Å². The summed E-state index contributed by atoms with van der Waals surface area (Å²) < 4.78 is 30.9. The zero-order chi connectivity index (χ0) is 18.5.